The van der Waals surface area contributed by atoms with Crippen LogP contribution in [0.3, 0.4) is 0 Å². The first-order valence-corrected chi connectivity index (χ1v) is 11.0. The highest BCUT2D eigenvalue weighted by molar-refractivity contribution is 5.81. The number of nitrogens with one attached hydrogen (secondary N) is 1. The quantitative estimate of drug-likeness (QED) is 0.665. The minimum atomic E-state index is -0.557. The minimum Gasteiger partial charge on any atom is -0.481 e. The van der Waals surface area contributed by atoms with E-state index in [9.17, 15) is 9.59 Å². The van der Waals surface area contributed by atoms with E-state index in [1.165, 1.54) is 6.07 Å². The maximum atomic E-state index is 12.9. The smallest absolute Gasteiger partial charge is 0.263 e. The maximum Gasteiger partial charge on any atom is 0.263 e. The molecule has 7 nitrogen and oxygen atoms in total. The van der Waals surface area contributed by atoms with Crippen LogP contribution in [0.25, 0.3) is 11.4 Å². The molecule has 1 atom stereocenters. The van der Waals surface area contributed by atoms with Gasteiger partial charge in [0.15, 0.2) is 6.10 Å². The first-order chi connectivity index (χ1) is 15.4. The van der Waals surface area contributed by atoms with Crippen molar-refractivity contribution in [2.45, 2.75) is 45.6 Å². The Balaban J connectivity index is 1.40. The lowest BCUT2D eigenvalue weighted by atomic mass is 9.95. The molecule has 1 N–H and O–H groups in total. The monoisotopic (exact) mass is 432 g/mol. The molecule has 0 aliphatic carbocycles. The molecule has 166 valence electrons. The van der Waals surface area contributed by atoms with Crippen LogP contribution in [-0.2, 0) is 4.79 Å². The molecule has 3 heterocycles. The van der Waals surface area contributed by atoms with Crippen LogP contribution in [-0.4, -0.2) is 45.0 Å². The van der Waals surface area contributed by atoms with Gasteiger partial charge < -0.3 is 14.6 Å². The van der Waals surface area contributed by atoms with Gasteiger partial charge in [-0.05, 0) is 69.0 Å². The number of aryl methyl sites for hydroxylation is 2. The van der Waals surface area contributed by atoms with Crippen molar-refractivity contribution in [3.63, 3.8) is 0 Å². The number of nitrogens with zero attached hydrogens (tertiary/aromatic N) is 3. The highest BCUT2D eigenvalue weighted by atomic mass is 16.5. The summed E-state index contributed by atoms with van der Waals surface area (Å²) < 4.78 is 5.92. The molecular formula is C25H28N4O3. The first kappa shape index (κ1) is 21.7. The molecule has 32 heavy (non-hydrogen) atoms. The standard InChI is InChI=1S/C25H28N4O3/c1-16-12-17(2)14-20(13-16)32-18(3)25(31)29-10-7-19(8-11-29)24-27-22(15-23(30)28-24)21-6-4-5-9-26-21/h4-6,9,12-15,18-19H,7-8,10-11H2,1-3H3,(H,27,28,30). The van der Waals surface area contributed by atoms with Crippen LogP contribution in [0.1, 0.15) is 42.6 Å². The number of carbonyl (C=O) groups is 1. The van der Waals surface area contributed by atoms with Crippen LogP contribution < -0.4 is 10.3 Å². The van der Waals surface area contributed by atoms with E-state index in [-0.39, 0.29) is 17.4 Å². The zero-order chi connectivity index (χ0) is 22.7. The fourth-order valence-electron chi connectivity index (χ4n) is 4.20. The van der Waals surface area contributed by atoms with Gasteiger partial charge in [0.1, 0.15) is 11.6 Å². The van der Waals surface area contributed by atoms with Crippen molar-refractivity contribution in [2.75, 3.05) is 13.1 Å². The molecule has 1 saturated heterocycles. The summed E-state index contributed by atoms with van der Waals surface area (Å²) in [5.41, 5.74) is 3.26. The molecular weight excluding hydrogens is 404 g/mol. The molecule has 1 aromatic carbocycles. The van der Waals surface area contributed by atoms with Gasteiger partial charge in [-0.25, -0.2) is 4.98 Å². The summed E-state index contributed by atoms with van der Waals surface area (Å²) in [6, 6.07) is 13.0. The third kappa shape index (κ3) is 5.04. The predicted molar refractivity (Wildman–Crippen MR) is 123 cm³/mol. The molecule has 0 spiro atoms. The van der Waals surface area contributed by atoms with E-state index in [2.05, 4.69) is 21.0 Å². The summed E-state index contributed by atoms with van der Waals surface area (Å²) in [6.07, 6.45) is 2.59. The zero-order valence-corrected chi connectivity index (χ0v) is 18.7. The number of aromatic amines is 1. The minimum absolute atomic E-state index is 0.0219. The average molecular weight is 433 g/mol. The van der Waals surface area contributed by atoms with E-state index < -0.39 is 6.10 Å². The van der Waals surface area contributed by atoms with E-state index in [4.69, 9.17) is 4.74 Å². The Kier molecular flexibility index (Phi) is 6.35. The van der Waals surface area contributed by atoms with E-state index in [1.54, 1.807) is 13.1 Å². The van der Waals surface area contributed by atoms with Crippen molar-refractivity contribution < 1.29 is 9.53 Å². The van der Waals surface area contributed by atoms with Gasteiger partial charge in [0.2, 0.25) is 0 Å². The number of pyridine rings is 1. The SMILES string of the molecule is Cc1cc(C)cc(OC(C)C(=O)N2CCC(c3nc(-c4ccccn4)cc(=O)[nH]3)CC2)c1. The predicted octanol–water partition coefficient (Wildman–Crippen LogP) is 3.62. The fraction of sp³-hybridized carbons (Fsp3) is 0.360. The summed E-state index contributed by atoms with van der Waals surface area (Å²) in [6.45, 7) is 7.02. The van der Waals surface area contributed by atoms with E-state index in [0.29, 0.717) is 36.1 Å². The lowest BCUT2D eigenvalue weighted by Gasteiger charge is -2.33. The lowest BCUT2D eigenvalue weighted by molar-refractivity contribution is -0.139. The summed E-state index contributed by atoms with van der Waals surface area (Å²) in [7, 11) is 0. The van der Waals surface area contributed by atoms with Crippen LogP contribution in [0.15, 0.2) is 53.5 Å². The summed E-state index contributed by atoms with van der Waals surface area (Å²) >= 11 is 0. The number of rotatable bonds is 5. The second-order valence-electron chi connectivity index (χ2n) is 8.41. The second kappa shape index (κ2) is 9.34. The summed E-state index contributed by atoms with van der Waals surface area (Å²) in [5.74, 6) is 1.44. The number of piperidine rings is 1. The molecule has 3 aromatic rings. The molecule has 2 aromatic heterocycles. The number of carbonyl (C=O) groups excluding carboxylic acids is 1. The normalized spacial score (nSPS) is 15.4. The van der Waals surface area contributed by atoms with Crippen LogP contribution >= 0.6 is 0 Å². The van der Waals surface area contributed by atoms with Crippen LogP contribution in [0.5, 0.6) is 5.75 Å². The Morgan fingerprint density at radius 2 is 1.81 bits per heavy atom. The largest absolute Gasteiger partial charge is 0.481 e. The van der Waals surface area contributed by atoms with Gasteiger partial charge >= 0.3 is 0 Å². The molecule has 0 saturated carbocycles. The van der Waals surface area contributed by atoms with Gasteiger partial charge in [-0.15, -0.1) is 0 Å². The van der Waals surface area contributed by atoms with Gasteiger partial charge in [0.05, 0.1) is 11.4 Å². The summed E-state index contributed by atoms with van der Waals surface area (Å²) in [4.78, 5) is 38.8. The van der Waals surface area contributed by atoms with Gasteiger partial charge in [-0.3, -0.25) is 14.6 Å². The maximum absolute atomic E-state index is 12.9. The molecule has 0 radical (unpaired) electrons. The van der Waals surface area contributed by atoms with Gasteiger partial charge in [0, 0.05) is 31.3 Å². The fourth-order valence-corrected chi connectivity index (χ4v) is 4.20. The first-order valence-electron chi connectivity index (χ1n) is 11.0. The number of H-pyrrole nitrogens is 1. The second-order valence-corrected chi connectivity index (χ2v) is 8.41. The number of hydrogen-bond donors (Lipinski definition) is 1. The lowest BCUT2D eigenvalue weighted by Crippen LogP contribution is -2.44. The van der Waals surface area contributed by atoms with E-state index in [0.717, 1.165) is 24.0 Å². The van der Waals surface area contributed by atoms with Crippen LogP contribution in [0.2, 0.25) is 0 Å². The third-order valence-electron chi connectivity index (χ3n) is 5.74. The highest BCUT2D eigenvalue weighted by Gasteiger charge is 2.29. The van der Waals surface area contributed by atoms with Crippen molar-refractivity contribution in [2.24, 2.45) is 0 Å². The van der Waals surface area contributed by atoms with Gasteiger partial charge in [0.25, 0.3) is 11.5 Å². The number of hydrogen-bond acceptors (Lipinski definition) is 5. The number of amides is 1. The van der Waals surface area contributed by atoms with Crippen molar-refractivity contribution in [1.82, 2.24) is 19.9 Å². The van der Waals surface area contributed by atoms with Gasteiger partial charge in [-0.1, -0.05) is 12.1 Å². The molecule has 0 bridgehead atoms. The Morgan fingerprint density at radius 3 is 2.47 bits per heavy atom. The number of likely N-dealkylation sites (tertiary alicyclic amines) is 1. The molecule has 1 fully saturated rings. The van der Waals surface area contributed by atoms with Crippen molar-refractivity contribution in [1.29, 1.82) is 0 Å². The van der Waals surface area contributed by atoms with Crippen molar-refractivity contribution in [3.8, 4) is 17.1 Å². The Bertz CT molecular complexity index is 1130. The Labute approximate surface area is 187 Å². The number of benzene rings is 1. The molecule has 1 aliphatic rings. The van der Waals surface area contributed by atoms with Crippen molar-refractivity contribution in [3.05, 3.63) is 76.0 Å². The molecule has 7 heteroatoms. The van der Waals surface area contributed by atoms with Gasteiger partial charge in [-0.2, -0.15) is 0 Å². The molecule has 4 rings (SSSR count). The summed E-state index contributed by atoms with van der Waals surface area (Å²) in [5, 5.41) is 0. The molecule has 1 aliphatic heterocycles. The van der Waals surface area contributed by atoms with Crippen LogP contribution in [0.4, 0.5) is 0 Å². The average Bonchev–Trinajstić information content (AvgIpc) is 2.78. The Hall–Kier alpha value is -3.48. The Morgan fingerprint density at radius 1 is 1.09 bits per heavy atom. The highest BCUT2D eigenvalue weighted by Crippen LogP contribution is 2.27. The van der Waals surface area contributed by atoms with Crippen LogP contribution in [0, 0.1) is 13.8 Å². The van der Waals surface area contributed by atoms with E-state index in [1.807, 2.05) is 49.1 Å². The van der Waals surface area contributed by atoms with Crippen molar-refractivity contribution >= 4 is 5.91 Å². The topological polar surface area (TPSA) is 88.2 Å². The molecule has 1 unspecified atom stereocenters. The van der Waals surface area contributed by atoms with E-state index >= 15 is 0 Å². The third-order valence-corrected chi connectivity index (χ3v) is 5.74. The zero-order valence-electron chi connectivity index (χ0n) is 18.7. The number of aromatic nitrogens is 3. The number of ether oxygens (including phenoxy) is 1. The molecule has 1 amide bonds.